The Kier molecular flexibility index (Phi) is 7.09. The van der Waals surface area contributed by atoms with Crippen molar-refractivity contribution in [3.8, 4) is 11.5 Å². The van der Waals surface area contributed by atoms with Crippen molar-refractivity contribution in [2.75, 3.05) is 6.61 Å². The van der Waals surface area contributed by atoms with Crippen LogP contribution in [0.4, 0.5) is 0 Å². The van der Waals surface area contributed by atoms with E-state index in [0.717, 1.165) is 11.1 Å². The molecule has 192 valence electrons. The molecule has 0 fully saturated rings. The van der Waals surface area contributed by atoms with Crippen LogP contribution in [0, 0.1) is 0 Å². The van der Waals surface area contributed by atoms with Gasteiger partial charge in [-0.05, 0) is 35.7 Å². The molecule has 0 bridgehead atoms. The molecule has 6 nitrogen and oxygen atoms in total. The zero-order valence-corrected chi connectivity index (χ0v) is 21.0. The van der Waals surface area contributed by atoms with Crippen LogP contribution in [-0.4, -0.2) is 34.0 Å². The number of hydrogen-bond acceptors (Lipinski definition) is 6. The summed E-state index contributed by atoms with van der Waals surface area (Å²) in [4.78, 5) is 27.7. The molecule has 0 radical (unpaired) electrons. The van der Waals surface area contributed by atoms with Gasteiger partial charge in [0.15, 0.2) is 11.6 Å². The summed E-state index contributed by atoms with van der Waals surface area (Å²) >= 11 is 0. The van der Waals surface area contributed by atoms with Gasteiger partial charge < -0.3 is 19.7 Å². The molecule has 5 rings (SSSR count). The summed E-state index contributed by atoms with van der Waals surface area (Å²) in [5.41, 5.74) is 1.76. The number of benzene rings is 4. The van der Waals surface area contributed by atoms with Gasteiger partial charge in [0.25, 0.3) is 0 Å². The molecule has 0 saturated heterocycles. The van der Waals surface area contributed by atoms with Gasteiger partial charge in [-0.1, -0.05) is 78.9 Å². The Hall–Kier alpha value is -4.26. The molecule has 4 aromatic rings. The maximum absolute atomic E-state index is 13.9. The topological polar surface area (TPSA) is 93.1 Å². The van der Waals surface area contributed by atoms with Crippen LogP contribution in [0.1, 0.15) is 55.5 Å². The Balaban J connectivity index is 1.55. The average Bonchev–Trinajstić information content (AvgIpc) is 2.94. The van der Waals surface area contributed by atoms with Gasteiger partial charge in [-0.3, -0.25) is 9.59 Å². The minimum atomic E-state index is -1.43. The summed E-state index contributed by atoms with van der Waals surface area (Å²) in [5, 5.41) is 20.2. The van der Waals surface area contributed by atoms with Gasteiger partial charge >= 0.3 is 0 Å². The van der Waals surface area contributed by atoms with Crippen molar-refractivity contribution >= 4 is 11.6 Å². The fourth-order valence-electron chi connectivity index (χ4n) is 4.62. The van der Waals surface area contributed by atoms with Crippen LogP contribution in [0.3, 0.4) is 0 Å². The van der Waals surface area contributed by atoms with Crippen molar-refractivity contribution < 1.29 is 29.3 Å². The highest BCUT2D eigenvalue weighted by atomic mass is 16.5. The van der Waals surface area contributed by atoms with Crippen molar-refractivity contribution in [2.24, 2.45) is 0 Å². The molecule has 1 atom stereocenters. The van der Waals surface area contributed by atoms with Gasteiger partial charge in [-0.15, -0.1) is 0 Å². The number of hydrogen-bond donors (Lipinski definition) is 2. The third-order valence-corrected chi connectivity index (χ3v) is 6.58. The summed E-state index contributed by atoms with van der Waals surface area (Å²) in [6.07, 6.45) is 0.0372. The second-order valence-corrected chi connectivity index (χ2v) is 9.69. The highest BCUT2D eigenvalue weighted by Crippen LogP contribution is 2.40. The number of aliphatic hydroxyl groups excluding tert-OH is 1. The van der Waals surface area contributed by atoms with Gasteiger partial charge in [0.1, 0.15) is 24.7 Å². The van der Waals surface area contributed by atoms with Crippen molar-refractivity contribution in [1.29, 1.82) is 0 Å². The number of aliphatic hydroxyl groups is 2. The molecule has 0 amide bonds. The van der Waals surface area contributed by atoms with E-state index < -0.39 is 12.2 Å². The van der Waals surface area contributed by atoms with Crippen molar-refractivity contribution in [3.63, 3.8) is 0 Å². The van der Waals surface area contributed by atoms with Crippen LogP contribution in [0.2, 0.25) is 0 Å². The smallest absolute Gasteiger partial charge is 0.198 e. The SMILES string of the molecule is C[C@](O)(CO)Cc1ccc2c(c1OCc1ccccc1)C(=O)c1cccc(OCc3ccccc3)c1C2=O. The van der Waals surface area contributed by atoms with E-state index in [-0.39, 0.29) is 59.2 Å². The zero-order chi connectivity index (χ0) is 26.7. The first-order valence-electron chi connectivity index (χ1n) is 12.4. The Morgan fingerprint density at radius 2 is 1.26 bits per heavy atom. The first kappa shape index (κ1) is 25.4. The van der Waals surface area contributed by atoms with E-state index in [1.807, 2.05) is 60.7 Å². The summed E-state index contributed by atoms with van der Waals surface area (Å²) < 4.78 is 12.2. The van der Waals surface area contributed by atoms with Crippen LogP contribution in [0.5, 0.6) is 11.5 Å². The second kappa shape index (κ2) is 10.6. The lowest BCUT2D eigenvalue weighted by Gasteiger charge is -2.26. The Bertz CT molecular complexity index is 1480. The molecule has 1 aliphatic carbocycles. The van der Waals surface area contributed by atoms with E-state index in [4.69, 9.17) is 9.47 Å². The first-order chi connectivity index (χ1) is 18.4. The summed E-state index contributed by atoms with van der Waals surface area (Å²) in [5.74, 6) is -0.106. The van der Waals surface area contributed by atoms with E-state index in [1.165, 1.54) is 6.92 Å². The molecule has 38 heavy (non-hydrogen) atoms. The van der Waals surface area contributed by atoms with Gasteiger partial charge in [0.2, 0.25) is 0 Å². The van der Waals surface area contributed by atoms with Crippen LogP contribution < -0.4 is 9.47 Å². The zero-order valence-electron chi connectivity index (χ0n) is 21.0. The van der Waals surface area contributed by atoms with Crippen LogP contribution in [-0.2, 0) is 19.6 Å². The monoisotopic (exact) mass is 508 g/mol. The van der Waals surface area contributed by atoms with E-state index >= 15 is 0 Å². The predicted octanol–water partition coefficient (Wildman–Crippen LogP) is 4.91. The molecule has 0 spiro atoms. The third-order valence-electron chi connectivity index (χ3n) is 6.58. The minimum absolute atomic E-state index is 0.0372. The summed E-state index contributed by atoms with van der Waals surface area (Å²) in [6.45, 7) is 1.46. The lowest BCUT2D eigenvalue weighted by Crippen LogP contribution is -2.32. The summed E-state index contributed by atoms with van der Waals surface area (Å²) in [6, 6.07) is 27.3. The molecule has 6 heteroatoms. The molecule has 0 heterocycles. The van der Waals surface area contributed by atoms with E-state index in [2.05, 4.69) is 0 Å². The second-order valence-electron chi connectivity index (χ2n) is 9.69. The fourth-order valence-corrected chi connectivity index (χ4v) is 4.62. The molecule has 2 N–H and O–H groups in total. The van der Waals surface area contributed by atoms with Crippen molar-refractivity contribution in [2.45, 2.75) is 32.2 Å². The summed E-state index contributed by atoms with van der Waals surface area (Å²) in [7, 11) is 0. The molecule has 0 saturated carbocycles. The molecule has 4 aromatic carbocycles. The highest BCUT2D eigenvalue weighted by Gasteiger charge is 2.36. The quantitative estimate of drug-likeness (QED) is 0.294. The van der Waals surface area contributed by atoms with Crippen LogP contribution >= 0.6 is 0 Å². The van der Waals surface area contributed by atoms with E-state index in [9.17, 15) is 19.8 Å². The van der Waals surface area contributed by atoms with Gasteiger partial charge in [-0.25, -0.2) is 0 Å². The maximum atomic E-state index is 13.9. The first-order valence-corrected chi connectivity index (χ1v) is 12.4. The molecular formula is C32H28O6. The van der Waals surface area contributed by atoms with Crippen LogP contribution in [0.15, 0.2) is 91.0 Å². The van der Waals surface area contributed by atoms with Crippen molar-refractivity contribution in [1.82, 2.24) is 0 Å². The molecular weight excluding hydrogens is 480 g/mol. The third kappa shape index (κ3) is 5.09. The van der Waals surface area contributed by atoms with E-state index in [1.54, 1.807) is 30.3 Å². The number of fused-ring (bicyclic) bond motifs is 2. The largest absolute Gasteiger partial charge is 0.488 e. The van der Waals surface area contributed by atoms with E-state index in [0.29, 0.717) is 11.3 Å². The van der Waals surface area contributed by atoms with Gasteiger partial charge in [0, 0.05) is 17.5 Å². The lowest BCUT2D eigenvalue weighted by atomic mass is 9.81. The minimum Gasteiger partial charge on any atom is -0.488 e. The predicted molar refractivity (Wildman–Crippen MR) is 143 cm³/mol. The molecule has 1 aliphatic rings. The van der Waals surface area contributed by atoms with Gasteiger partial charge in [0.05, 0.1) is 23.3 Å². The number of ether oxygens (including phenoxy) is 2. The molecule has 0 aromatic heterocycles. The Labute approximate surface area is 221 Å². The average molecular weight is 509 g/mol. The number of rotatable bonds is 9. The number of ketones is 2. The van der Waals surface area contributed by atoms with Crippen molar-refractivity contribution in [3.05, 3.63) is 130 Å². The molecule has 0 unspecified atom stereocenters. The maximum Gasteiger partial charge on any atom is 0.198 e. The normalized spacial score (nSPS) is 13.9. The molecule has 0 aliphatic heterocycles. The highest BCUT2D eigenvalue weighted by molar-refractivity contribution is 6.30. The number of carbonyl (C=O) groups excluding carboxylic acids is 2. The Morgan fingerprint density at radius 1 is 0.684 bits per heavy atom. The lowest BCUT2D eigenvalue weighted by molar-refractivity contribution is 0.00178. The Morgan fingerprint density at radius 3 is 1.89 bits per heavy atom. The van der Waals surface area contributed by atoms with Gasteiger partial charge in [-0.2, -0.15) is 0 Å². The van der Waals surface area contributed by atoms with Crippen LogP contribution in [0.25, 0.3) is 0 Å². The number of carbonyl (C=O) groups is 2. The fraction of sp³-hybridized carbons (Fsp3) is 0.188. The standard InChI is InChI=1S/C32H28O6/c1-32(36,20-33)17-23-15-16-25-28(31(23)38-19-22-11-6-3-7-12-22)30(35)24-13-8-14-26(27(24)29(25)34)37-18-21-9-4-2-5-10-21/h2-16,33,36H,17-20H2,1H3/t32-/m1/s1.